The maximum atomic E-state index is 9.81. The lowest BCUT2D eigenvalue weighted by molar-refractivity contribution is -0.0311. The lowest BCUT2D eigenvalue weighted by Crippen LogP contribution is -2.43. The Kier molecular flexibility index (Phi) is 1.79. The van der Waals surface area contributed by atoms with E-state index in [1.165, 1.54) is 0 Å². The Hall–Kier alpha value is -0.120. The van der Waals surface area contributed by atoms with Gasteiger partial charge in [-0.3, -0.25) is 0 Å². The van der Waals surface area contributed by atoms with E-state index in [2.05, 4.69) is 0 Å². The van der Waals surface area contributed by atoms with Crippen LogP contribution in [0.15, 0.2) is 0 Å². The number of hydrogen-bond acceptors (Lipinski definition) is 3. The van der Waals surface area contributed by atoms with Gasteiger partial charge in [0.25, 0.3) is 0 Å². The molecule has 76 valence electrons. The Bertz CT molecular complexity index is 221. The Balaban J connectivity index is 2.06. The summed E-state index contributed by atoms with van der Waals surface area (Å²) in [4.78, 5) is 0. The van der Waals surface area contributed by atoms with Crippen LogP contribution in [0.5, 0.6) is 0 Å². The van der Waals surface area contributed by atoms with Crippen molar-refractivity contribution >= 4 is 0 Å². The van der Waals surface area contributed by atoms with Gasteiger partial charge < -0.3 is 14.9 Å². The number of rotatable bonds is 1. The van der Waals surface area contributed by atoms with Gasteiger partial charge in [-0.05, 0) is 39.5 Å². The molecule has 0 aromatic carbocycles. The average molecular weight is 186 g/mol. The van der Waals surface area contributed by atoms with E-state index in [1.54, 1.807) is 13.8 Å². The minimum atomic E-state index is -0.700. The zero-order valence-electron chi connectivity index (χ0n) is 8.45. The Morgan fingerprint density at radius 2 is 2.00 bits per heavy atom. The van der Waals surface area contributed by atoms with E-state index in [9.17, 15) is 10.2 Å². The second kappa shape index (κ2) is 2.47. The molecule has 0 bridgehead atoms. The lowest BCUT2D eigenvalue weighted by atomic mass is 9.74. The highest BCUT2D eigenvalue weighted by atomic mass is 16.6. The first-order valence-corrected chi connectivity index (χ1v) is 4.92. The van der Waals surface area contributed by atoms with Crippen molar-refractivity contribution in [2.45, 2.75) is 57.0 Å². The van der Waals surface area contributed by atoms with E-state index in [0.717, 1.165) is 6.42 Å². The number of fused-ring (bicyclic) bond motifs is 1. The molecule has 2 fully saturated rings. The predicted octanol–water partition coefficient (Wildman–Crippen LogP) is 0.686. The molecule has 0 amide bonds. The van der Waals surface area contributed by atoms with Gasteiger partial charge in [0.2, 0.25) is 0 Å². The van der Waals surface area contributed by atoms with Gasteiger partial charge in [0.15, 0.2) is 0 Å². The molecular formula is C10H18O3. The molecule has 4 atom stereocenters. The summed E-state index contributed by atoms with van der Waals surface area (Å²) in [6.45, 7) is 5.55. The number of aliphatic hydroxyl groups is 2. The van der Waals surface area contributed by atoms with E-state index in [0.29, 0.717) is 6.42 Å². The van der Waals surface area contributed by atoms with E-state index in [-0.39, 0.29) is 17.6 Å². The molecule has 3 heteroatoms. The summed E-state index contributed by atoms with van der Waals surface area (Å²) in [7, 11) is 0. The van der Waals surface area contributed by atoms with Crippen molar-refractivity contribution in [2.75, 3.05) is 0 Å². The number of ether oxygens (including phenoxy) is 1. The summed E-state index contributed by atoms with van der Waals surface area (Å²) < 4.78 is 5.44. The van der Waals surface area contributed by atoms with Crippen molar-refractivity contribution in [1.29, 1.82) is 0 Å². The van der Waals surface area contributed by atoms with Crippen LogP contribution in [-0.4, -0.2) is 33.6 Å². The largest absolute Gasteiger partial charge is 0.390 e. The zero-order valence-corrected chi connectivity index (χ0v) is 8.45. The van der Waals surface area contributed by atoms with Crippen molar-refractivity contribution in [3.8, 4) is 0 Å². The normalized spacial score (nSPS) is 50.1. The summed E-state index contributed by atoms with van der Waals surface area (Å²) in [5, 5.41) is 19.6. The van der Waals surface area contributed by atoms with Crippen LogP contribution in [0.3, 0.4) is 0 Å². The molecule has 2 unspecified atom stereocenters. The summed E-state index contributed by atoms with van der Waals surface area (Å²) in [5.41, 5.74) is -1.00. The number of aliphatic hydroxyl groups excluding tert-OH is 1. The highest BCUT2D eigenvalue weighted by Crippen LogP contribution is 2.51. The predicted molar refractivity (Wildman–Crippen MR) is 48.3 cm³/mol. The Morgan fingerprint density at radius 1 is 1.38 bits per heavy atom. The van der Waals surface area contributed by atoms with Crippen LogP contribution in [0.25, 0.3) is 0 Å². The number of epoxide rings is 1. The summed E-state index contributed by atoms with van der Waals surface area (Å²) in [5.74, 6) is 0.156. The van der Waals surface area contributed by atoms with Crippen molar-refractivity contribution in [3.05, 3.63) is 0 Å². The molecule has 0 aromatic rings. The van der Waals surface area contributed by atoms with Gasteiger partial charge >= 0.3 is 0 Å². The van der Waals surface area contributed by atoms with Crippen molar-refractivity contribution in [3.63, 3.8) is 0 Å². The summed E-state index contributed by atoms with van der Waals surface area (Å²) in [6, 6.07) is 0. The van der Waals surface area contributed by atoms with Crippen molar-refractivity contribution in [1.82, 2.24) is 0 Å². The van der Waals surface area contributed by atoms with E-state index >= 15 is 0 Å². The zero-order chi connectivity index (χ0) is 9.85. The molecule has 1 saturated carbocycles. The molecule has 13 heavy (non-hydrogen) atoms. The summed E-state index contributed by atoms with van der Waals surface area (Å²) in [6.07, 6.45) is 1.27. The molecule has 1 heterocycles. The van der Waals surface area contributed by atoms with Crippen molar-refractivity contribution in [2.24, 2.45) is 5.92 Å². The third kappa shape index (κ3) is 1.39. The van der Waals surface area contributed by atoms with Gasteiger partial charge in [0.05, 0.1) is 17.8 Å². The number of hydrogen-bond donors (Lipinski definition) is 2. The first-order chi connectivity index (χ1) is 5.84. The van der Waals surface area contributed by atoms with Crippen LogP contribution >= 0.6 is 0 Å². The first-order valence-electron chi connectivity index (χ1n) is 4.92. The highest BCUT2D eigenvalue weighted by Gasteiger charge is 2.62. The smallest absolute Gasteiger partial charge is 0.118 e. The van der Waals surface area contributed by atoms with Crippen LogP contribution in [0.2, 0.25) is 0 Å². The molecule has 0 radical (unpaired) electrons. The van der Waals surface area contributed by atoms with Gasteiger partial charge in [0, 0.05) is 0 Å². The SMILES string of the molecule is CC(C)(O)[C@@H]1CC(O)[C@]2(C)OC2C1. The minimum absolute atomic E-state index is 0.156. The fourth-order valence-electron chi connectivity index (χ4n) is 2.28. The molecule has 1 aliphatic carbocycles. The van der Waals surface area contributed by atoms with E-state index < -0.39 is 11.7 Å². The van der Waals surface area contributed by atoms with Gasteiger partial charge in [-0.25, -0.2) is 0 Å². The molecular weight excluding hydrogens is 168 g/mol. The maximum Gasteiger partial charge on any atom is 0.118 e. The van der Waals surface area contributed by atoms with E-state index in [1.807, 2.05) is 6.92 Å². The molecule has 2 aliphatic rings. The van der Waals surface area contributed by atoms with Gasteiger partial charge in [-0.15, -0.1) is 0 Å². The third-order valence-corrected chi connectivity index (χ3v) is 3.65. The fraction of sp³-hybridized carbons (Fsp3) is 1.00. The first kappa shape index (κ1) is 9.44. The second-order valence-electron chi connectivity index (χ2n) is 5.13. The Morgan fingerprint density at radius 3 is 2.46 bits per heavy atom. The van der Waals surface area contributed by atoms with Crippen LogP contribution < -0.4 is 0 Å². The molecule has 1 aliphatic heterocycles. The van der Waals surface area contributed by atoms with Gasteiger partial charge in [-0.2, -0.15) is 0 Å². The van der Waals surface area contributed by atoms with Gasteiger partial charge in [0.1, 0.15) is 5.60 Å². The van der Waals surface area contributed by atoms with E-state index in [4.69, 9.17) is 4.74 Å². The minimum Gasteiger partial charge on any atom is -0.390 e. The molecule has 0 spiro atoms. The Labute approximate surface area is 78.7 Å². The van der Waals surface area contributed by atoms with Gasteiger partial charge in [-0.1, -0.05) is 0 Å². The molecule has 0 aromatic heterocycles. The van der Waals surface area contributed by atoms with Crippen LogP contribution in [0, 0.1) is 5.92 Å². The van der Waals surface area contributed by atoms with Crippen LogP contribution in [-0.2, 0) is 4.74 Å². The fourth-order valence-corrected chi connectivity index (χ4v) is 2.28. The maximum absolute atomic E-state index is 9.81. The molecule has 1 saturated heterocycles. The highest BCUT2D eigenvalue weighted by molar-refractivity contribution is 5.10. The summed E-state index contributed by atoms with van der Waals surface area (Å²) >= 11 is 0. The standard InChI is InChI=1S/C10H18O3/c1-9(2,12)6-4-7(11)10(3)8(5-6)13-10/h6-8,11-12H,4-5H2,1-3H3/t6-,7?,8?,10+/m1/s1. The molecule has 2 rings (SSSR count). The van der Waals surface area contributed by atoms with Crippen LogP contribution in [0.4, 0.5) is 0 Å². The second-order valence-corrected chi connectivity index (χ2v) is 5.13. The monoisotopic (exact) mass is 186 g/mol. The molecule has 3 nitrogen and oxygen atoms in total. The molecule has 2 N–H and O–H groups in total. The van der Waals surface area contributed by atoms with Crippen molar-refractivity contribution < 1.29 is 14.9 Å². The quantitative estimate of drug-likeness (QED) is 0.592. The van der Waals surface area contributed by atoms with Crippen LogP contribution in [0.1, 0.15) is 33.6 Å². The third-order valence-electron chi connectivity index (χ3n) is 3.65. The average Bonchev–Trinajstić information content (AvgIpc) is 2.60. The topological polar surface area (TPSA) is 53.0 Å². The lowest BCUT2D eigenvalue weighted by Gasteiger charge is -2.35.